The summed E-state index contributed by atoms with van der Waals surface area (Å²) in [5.74, 6) is -0.340. The first-order valence-corrected chi connectivity index (χ1v) is 7.18. The molecular weight excluding hydrogens is 212 g/mol. The van der Waals surface area contributed by atoms with Crippen LogP contribution in [-0.2, 0) is 9.47 Å². The van der Waals surface area contributed by atoms with Crippen molar-refractivity contribution in [3.8, 4) is 0 Å². The first-order chi connectivity index (χ1) is 8.22. The Balaban J connectivity index is 1.76. The van der Waals surface area contributed by atoms with Crippen LogP contribution in [-0.4, -0.2) is 19.0 Å². The van der Waals surface area contributed by atoms with Gasteiger partial charge in [0.2, 0.25) is 0 Å². The summed E-state index contributed by atoms with van der Waals surface area (Å²) in [6.45, 7) is 5.87. The molecule has 0 unspecified atom stereocenters. The molecule has 2 fully saturated rings. The molecule has 2 nitrogen and oxygen atoms in total. The van der Waals surface area contributed by atoms with Crippen molar-refractivity contribution in [2.75, 3.05) is 13.2 Å². The second-order valence-electron chi connectivity index (χ2n) is 5.55. The maximum atomic E-state index is 5.79. The van der Waals surface area contributed by atoms with Gasteiger partial charge in [-0.05, 0) is 32.6 Å². The summed E-state index contributed by atoms with van der Waals surface area (Å²) >= 11 is 0. The predicted octanol–water partition coefficient (Wildman–Crippen LogP) is 4.06. The predicted molar refractivity (Wildman–Crippen MR) is 69.9 cm³/mol. The van der Waals surface area contributed by atoms with Crippen LogP contribution in [0.2, 0.25) is 0 Å². The molecule has 1 heterocycles. The Hall–Kier alpha value is -0.340. The molecule has 0 aromatic carbocycles. The average Bonchev–Trinajstić information content (AvgIpc) is 3.00. The van der Waals surface area contributed by atoms with Gasteiger partial charge in [-0.1, -0.05) is 38.3 Å². The van der Waals surface area contributed by atoms with Gasteiger partial charge in [0.05, 0.1) is 13.2 Å². The van der Waals surface area contributed by atoms with E-state index in [9.17, 15) is 0 Å². The van der Waals surface area contributed by atoms with E-state index in [1.807, 2.05) is 0 Å². The molecule has 1 aliphatic heterocycles. The van der Waals surface area contributed by atoms with Crippen molar-refractivity contribution in [1.29, 1.82) is 0 Å². The van der Waals surface area contributed by atoms with Gasteiger partial charge in [0.15, 0.2) is 5.79 Å². The number of rotatable bonds is 7. The number of ether oxygens (including phenoxy) is 2. The van der Waals surface area contributed by atoms with Crippen molar-refractivity contribution in [2.45, 2.75) is 64.6 Å². The van der Waals surface area contributed by atoms with Gasteiger partial charge in [-0.2, -0.15) is 0 Å². The zero-order valence-corrected chi connectivity index (χ0v) is 11.3. The fraction of sp³-hybridized carbons (Fsp3) is 0.867. The Bertz CT molecular complexity index is 260. The molecule has 0 aromatic heterocycles. The lowest BCUT2D eigenvalue weighted by atomic mass is 9.95. The summed E-state index contributed by atoms with van der Waals surface area (Å²) in [4.78, 5) is 0. The fourth-order valence-corrected chi connectivity index (χ4v) is 2.71. The van der Waals surface area contributed by atoms with Crippen LogP contribution < -0.4 is 0 Å². The highest BCUT2D eigenvalue weighted by atomic mass is 16.7. The van der Waals surface area contributed by atoms with E-state index in [-0.39, 0.29) is 11.2 Å². The van der Waals surface area contributed by atoms with E-state index in [0.717, 1.165) is 13.2 Å². The SMILES string of the molecule is CCCCCCC=CC1(C2(C)OCCO2)CC1. The lowest BCUT2D eigenvalue weighted by Crippen LogP contribution is -2.36. The van der Waals surface area contributed by atoms with E-state index in [1.54, 1.807) is 0 Å². The number of hydrogen-bond donors (Lipinski definition) is 0. The topological polar surface area (TPSA) is 18.5 Å². The lowest BCUT2D eigenvalue weighted by Gasteiger charge is -2.30. The molecule has 1 aliphatic carbocycles. The fourth-order valence-electron chi connectivity index (χ4n) is 2.71. The van der Waals surface area contributed by atoms with E-state index in [2.05, 4.69) is 26.0 Å². The van der Waals surface area contributed by atoms with Crippen LogP contribution in [0.4, 0.5) is 0 Å². The largest absolute Gasteiger partial charge is 0.347 e. The monoisotopic (exact) mass is 238 g/mol. The first-order valence-electron chi connectivity index (χ1n) is 7.18. The Morgan fingerprint density at radius 1 is 1.06 bits per heavy atom. The second-order valence-corrected chi connectivity index (χ2v) is 5.55. The van der Waals surface area contributed by atoms with Crippen LogP contribution in [0.25, 0.3) is 0 Å². The van der Waals surface area contributed by atoms with Crippen LogP contribution in [0, 0.1) is 5.41 Å². The molecule has 98 valence electrons. The molecule has 0 amide bonds. The van der Waals surface area contributed by atoms with Gasteiger partial charge in [-0.25, -0.2) is 0 Å². The molecule has 0 N–H and O–H groups in total. The Labute approximate surface area is 105 Å². The summed E-state index contributed by atoms with van der Waals surface area (Å²) < 4.78 is 11.6. The van der Waals surface area contributed by atoms with Gasteiger partial charge in [0.25, 0.3) is 0 Å². The highest BCUT2D eigenvalue weighted by Gasteiger charge is 2.58. The first kappa shape index (κ1) is 13.1. The van der Waals surface area contributed by atoms with Crippen molar-refractivity contribution < 1.29 is 9.47 Å². The van der Waals surface area contributed by atoms with Gasteiger partial charge >= 0.3 is 0 Å². The Morgan fingerprint density at radius 3 is 2.35 bits per heavy atom. The van der Waals surface area contributed by atoms with Gasteiger partial charge in [-0.15, -0.1) is 0 Å². The third-order valence-corrected chi connectivity index (χ3v) is 4.19. The van der Waals surface area contributed by atoms with Crippen molar-refractivity contribution in [3.05, 3.63) is 12.2 Å². The third kappa shape index (κ3) is 2.92. The molecular formula is C15H26O2. The zero-order valence-electron chi connectivity index (χ0n) is 11.3. The summed E-state index contributed by atoms with van der Waals surface area (Å²) in [5.41, 5.74) is 0.189. The highest BCUT2D eigenvalue weighted by Crippen LogP contribution is 2.58. The molecule has 17 heavy (non-hydrogen) atoms. The average molecular weight is 238 g/mol. The van der Waals surface area contributed by atoms with Crippen LogP contribution >= 0.6 is 0 Å². The van der Waals surface area contributed by atoms with Gasteiger partial charge < -0.3 is 9.47 Å². The maximum absolute atomic E-state index is 5.79. The standard InChI is InChI=1S/C15H26O2/c1-3-4-5-6-7-8-9-15(10-11-15)14(2)16-12-13-17-14/h8-9H,3-7,10-13H2,1-2H3. The Kier molecular flexibility index (Phi) is 4.26. The van der Waals surface area contributed by atoms with E-state index in [4.69, 9.17) is 9.47 Å². The summed E-state index contributed by atoms with van der Waals surface area (Å²) in [6, 6.07) is 0. The molecule has 0 bridgehead atoms. The van der Waals surface area contributed by atoms with Crippen molar-refractivity contribution in [3.63, 3.8) is 0 Å². The smallest absolute Gasteiger partial charge is 0.174 e. The summed E-state index contributed by atoms with van der Waals surface area (Å²) in [5, 5.41) is 0. The zero-order chi connectivity index (χ0) is 12.2. The third-order valence-electron chi connectivity index (χ3n) is 4.19. The molecule has 1 saturated heterocycles. The number of allylic oxidation sites excluding steroid dienone is 1. The molecule has 1 saturated carbocycles. The summed E-state index contributed by atoms with van der Waals surface area (Å²) in [7, 11) is 0. The minimum Gasteiger partial charge on any atom is -0.347 e. The number of unbranched alkanes of at least 4 members (excludes halogenated alkanes) is 4. The van der Waals surface area contributed by atoms with Crippen molar-refractivity contribution >= 4 is 0 Å². The molecule has 2 rings (SSSR count). The van der Waals surface area contributed by atoms with E-state index >= 15 is 0 Å². The highest BCUT2D eigenvalue weighted by molar-refractivity contribution is 5.16. The molecule has 2 aliphatic rings. The molecule has 2 heteroatoms. The maximum Gasteiger partial charge on any atom is 0.174 e. The van der Waals surface area contributed by atoms with Gasteiger partial charge in [0, 0.05) is 5.41 Å². The normalized spacial score (nSPS) is 25.5. The van der Waals surface area contributed by atoms with Crippen LogP contribution in [0.15, 0.2) is 12.2 Å². The Morgan fingerprint density at radius 2 is 1.76 bits per heavy atom. The van der Waals surface area contributed by atoms with E-state index < -0.39 is 0 Å². The summed E-state index contributed by atoms with van der Waals surface area (Å²) in [6.07, 6.45) is 13.7. The number of hydrogen-bond acceptors (Lipinski definition) is 2. The minimum atomic E-state index is -0.340. The lowest BCUT2D eigenvalue weighted by molar-refractivity contribution is -0.179. The van der Waals surface area contributed by atoms with E-state index in [0.29, 0.717) is 0 Å². The minimum absolute atomic E-state index is 0.189. The molecule has 0 radical (unpaired) electrons. The second kappa shape index (κ2) is 5.53. The van der Waals surface area contributed by atoms with Gasteiger partial charge in [0.1, 0.15) is 0 Å². The van der Waals surface area contributed by atoms with Crippen molar-refractivity contribution in [1.82, 2.24) is 0 Å². The quantitative estimate of drug-likeness (QED) is 0.492. The van der Waals surface area contributed by atoms with Crippen LogP contribution in [0.1, 0.15) is 58.8 Å². The molecule has 0 atom stereocenters. The van der Waals surface area contributed by atoms with Crippen molar-refractivity contribution in [2.24, 2.45) is 5.41 Å². The molecule has 0 spiro atoms. The van der Waals surface area contributed by atoms with Crippen LogP contribution in [0.5, 0.6) is 0 Å². The van der Waals surface area contributed by atoms with Crippen LogP contribution in [0.3, 0.4) is 0 Å². The van der Waals surface area contributed by atoms with E-state index in [1.165, 1.54) is 44.9 Å². The van der Waals surface area contributed by atoms with Gasteiger partial charge in [-0.3, -0.25) is 0 Å². The molecule has 0 aromatic rings.